The maximum atomic E-state index is 5.80. The van der Waals surface area contributed by atoms with Crippen LogP contribution in [0.1, 0.15) is 32.8 Å². The molecular weight excluding hydrogens is 240 g/mol. The van der Waals surface area contributed by atoms with E-state index in [9.17, 15) is 0 Å². The molecule has 0 spiro atoms. The number of hydrogen-bond donors (Lipinski definition) is 1. The average Bonchev–Trinajstić information content (AvgIpc) is 2.15. The van der Waals surface area contributed by atoms with Crippen LogP contribution < -0.4 is 4.74 Å². The van der Waals surface area contributed by atoms with Gasteiger partial charge >= 0.3 is 0 Å². The van der Waals surface area contributed by atoms with E-state index in [4.69, 9.17) is 16.3 Å². The van der Waals surface area contributed by atoms with Crippen LogP contribution in [0.4, 0.5) is 0 Å². The molecule has 0 unspecified atom stereocenters. The molecule has 0 radical (unpaired) electrons. The van der Waals surface area contributed by atoms with Gasteiger partial charge in [-0.1, -0.05) is 38.4 Å². The molecular formula is C13H19ClOS. The zero-order valence-electron chi connectivity index (χ0n) is 10.1. The quantitative estimate of drug-likeness (QED) is 0.680. The molecule has 0 amide bonds. The van der Waals surface area contributed by atoms with Gasteiger partial charge in [0.1, 0.15) is 5.75 Å². The van der Waals surface area contributed by atoms with Gasteiger partial charge in [0, 0.05) is 9.77 Å². The lowest BCUT2D eigenvalue weighted by molar-refractivity contribution is 0.288. The van der Waals surface area contributed by atoms with Crippen LogP contribution in [0.3, 0.4) is 0 Å². The maximum Gasteiger partial charge on any atom is 0.123 e. The number of fused-ring (bicyclic) bond motifs is 1. The summed E-state index contributed by atoms with van der Waals surface area (Å²) in [6, 6.07) is 5.84. The highest BCUT2D eigenvalue weighted by atomic mass is 35.5. The largest absolute Gasteiger partial charge is 0.493 e. The summed E-state index contributed by atoms with van der Waals surface area (Å²) in [7, 11) is 0. The van der Waals surface area contributed by atoms with Gasteiger partial charge in [0.2, 0.25) is 0 Å². The number of hydrogen-bond acceptors (Lipinski definition) is 2. The molecule has 1 heterocycles. The lowest BCUT2D eigenvalue weighted by atomic mass is 10.1. The molecule has 0 aromatic heterocycles. The monoisotopic (exact) mass is 258 g/mol. The van der Waals surface area contributed by atoms with Crippen molar-refractivity contribution in [2.24, 2.45) is 0 Å². The third-order valence-corrected chi connectivity index (χ3v) is 2.11. The van der Waals surface area contributed by atoms with Crippen molar-refractivity contribution < 1.29 is 4.74 Å². The highest BCUT2D eigenvalue weighted by molar-refractivity contribution is 7.81. The van der Waals surface area contributed by atoms with Crippen LogP contribution in [0.5, 0.6) is 5.75 Å². The molecule has 0 bridgehead atoms. The van der Waals surface area contributed by atoms with E-state index in [1.807, 2.05) is 18.2 Å². The Kier molecular flexibility index (Phi) is 5.00. The standard InChI is InChI=1S/C9H9ClO.C4H10S/c10-8-4-3-7-2-1-5-11-9(7)6-8;1-4(2,3)5/h3-4,6H,1-2,5H2;5H,1-3H3. The number of aryl methyl sites for hydroxylation is 1. The van der Waals surface area contributed by atoms with E-state index in [-0.39, 0.29) is 4.75 Å². The zero-order chi connectivity index (χ0) is 12.2. The molecule has 1 aliphatic rings. The number of halogens is 1. The number of thiol groups is 1. The van der Waals surface area contributed by atoms with Crippen LogP contribution in [-0.2, 0) is 6.42 Å². The van der Waals surface area contributed by atoms with E-state index in [1.165, 1.54) is 5.56 Å². The summed E-state index contributed by atoms with van der Waals surface area (Å²) < 4.78 is 5.61. The Labute approximate surface area is 109 Å². The van der Waals surface area contributed by atoms with E-state index in [0.717, 1.165) is 30.2 Å². The van der Waals surface area contributed by atoms with Crippen LogP contribution in [0.15, 0.2) is 18.2 Å². The third kappa shape index (κ3) is 5.66. The molecule has 1 aliphatic heterocycles. The smallest absolute Gasteiger partial charge is 0.123 e. The van der Waals surface area contributed by atoms with Gasteiger partial charge in [-0.2, -0.15) is 12.6 Å². The summed E-state index contributed by atoms with van der Waals surface area (Å²) in [5, 5.41) is 0.755. The number of rotatable bonds is 0. The fraction of sp³-hybridized carbons (Fsp3) is 0.538. The summed E-state index contributed by atoms with van der Waals surface area (Å²) in [6.45, 7) is 6.98. The van der Waals surface area contributed by atoms with Gasteiger partial charge in [0.15, 0.2) is 0 Å². The number of benzene rings is 1. The maximum absolute atomic E-state index is 5.80. The van der Waals surface area contributed by atoms with E-state index < -0.39 is 0 Å². The second kappa shape index (κ2) is 5.83. The molecule has 0 saturated carbocycles. The molecule has 16 heavy (non-hydrogen) atoms. The lowest BCUT2D eigenvalue weighted by Crippen LogP contribution is -2.07. The van der Waals surface area contributed by atoms with Gasteiger partial charge in [-0.05, 0) is 30.5 Å². The molecule has 90 valence electrons. The Hall–Kier alpha value is -0.340. The minimum atomic E-state index is 0.194. The Morgan fingerprint density at radius 1 is 1.31 bits per heavy atom. The molecule has 2 rings (SSSR count). The van der Waals surface area contributed by atoms with Crippen LogP contribution in [0.2, 0.25) is 5.02 Å². The summed E-state index contributed by atoms with van der Waals surface area (Å²) in [5.41, 5.74) is 1.28. The summed E-state index contributed by atoms with van der Waals surface area (Å²) in [5.74, 6) is 0.962. The minimum absolute atomic E-state index is 0.194. The molecule has 0 saturated heterocycles. The van der Waals surface area contributed by atoms with Crippen molar-refractivity contribution >= 4 is 24.2 Å². The van der Waals surface area contributed by atoms with E-state index in [1.54, 1.807) is 0 Å². The van der Waals surface area contributed by atoms with Crippen molar-refractivity contribution in [3.8, 4) is 5.75 Å². The van der Waals surface area contributed by atoms with Gasteiger partial charge in [0.05, 0.1) is 6.61 Å². The second-order valence-electron chi connectivity index (χ2n) is 4.87. The van der Waals surface area contributed by atoms with Crippen molar-refractivity contribution in [3.63, 3.8) is 0 Å². The molecule has 1 nitrogen and oxygen atoms in total. The predicted molar refractivity (Wildman–Crippen MR) is 74.0 cm³/mol. The van der Waals surface area contributed by atoms with Gasteiger partial charge < -0.3 is 4.74 Å². The first kappa shape index (κ1) is 13.7. The normalized spacial score (nSPS) is 14.3. The fourth-order valence-electron chi connectivity index (χ4n) is 1.31. The molecule has 3 heteroatoms. The molecule has 1 aromatic carbocycles. The topological polar surface area (TPSA) is 9.23 Å². The highest BCUT2D eigenvalue weighted by Crippen LogP contribution is 2.27. The second-order valence-corrected chi connectivity index (χ2v) is 6.65. The van der Waals surface area contributed by atoms with Crippen LogP contribution >= 0.6 is 24.2 Å². The summed E-state index contributed by atoms with van der Waals surface area (Å²) >= 11 is 9.92. The van der Waals surface area contributed by atoms with Crippen molar-refractivity contribution in [3.05, 3.63) is 28.8 Å². The molecule has 0 N–H and O–H groups in total. The molecule has 0 atom stereocenters. The SMILES string of the molecule is CC(C)(C)S.Clc1ccc2c(c1)OCCC2. The van der Waals surface area contributed by atoms with Crippen molar-refractivity contribution in [2.45, 2.75) is 38.4 Å². The van der Waals surface area contributed by atoms with Gasteiger partial charge in [-0.25, -0.2) is 0 Å². The Balaban J connectivity index is 0.000000221. The number of ether oxygens (including phenoxy) is 1. The highest BCUT2D eigenvalue weighted by Gasteiger charge is 2.09. The molecule has 0 aliphatic carbocycles. The third-order valence-electron chi connectivity index (χ3n) is 1.88. The Morgan fingerprint density at radius 3 is 2.56 bits per heavy atom. The van der Waals surface area contributed by atoms with Crippen molar-refractivity contribution in [1.82, 2.24) is 0 Å². The first-order chi connectivity index (χ1) is 7.36. The molecule has 0 fully saturated rings. The fourth-order valence-corrected chi connectivity index (χ4v) is 1.48. The van der Waals surface area contributed by atoms with Crippen LogP contribution in [0.25, 0.3) is 0 Å². The Morgan fingerprint density at radius 2 is 1.94 bits per heavy atom. The average molecular weight is 259 g/mol. The van der Waals surface area contributed by atoms with E-state index in [0.29, 0.717) is 0 Å². The van der Waals surface area contributed by atoms with E-state index >= 15 is 0 Å². The van der Waals surface area contributed by atoms with Gasteiger partial charge in [-0.3, -0.25) is 0 Å². The summed E-state index contributed by atoms with van der Waals surface area (Å²) in [4.78, 5) is 0. The zero-order valence-corrected chi connectivity index (χ0v) is 11.7. The lowest BCUT2D eigenvalue weighted by Gasteiger charge is -2.16. The Bertz CT molecular complexity index is 338. The minimum Gasteiger partial charge on any atom is -0.493 e. The summed E-state index contributed by atoms with van der Waals surface area (Å²) in [6.07, 6.45) is 2.24. The van der Waals surface area contributed by atoms with Crippen LogP contribution in [-0.4, -0.2) is 11.4 Å². The van der Waals surface area contributed by atoms with Gasteiger partial charge in [0.25, 0.3) is 0 Å². The predicted octanol–water partition coefficient (Wildman–Crippen LogP) is 4.38. The van der Waals surface area contributed by atoms with Crippen molar-refractivity contribution in [2.75, 3.05) is 6.61 Å². The van der Waals surface area contributed by atoms with Gasteiger partial charge in [-0.15, -0.1) is 0 Å². The molecule has 1 aromatic rings. The van der Waals surface area contributed by atoms with E-state index in [2.05, 4.69) is 33.4 Å². The first-order valence-electron chi connectivity index (χ1n) is 5.50. The van der Waals surface area contributed by atoms with Crippen molar-refractivity contribution in [1.29, 1.82) is 0 Å². The first-order valence-corrected chi connectivity index (χ1v) is 6.32. The van der Waals surface area contributed by atoms with Crippen LogP contribution in [0, 0.1) is 0 Å².